The van der Waals surface area contributed by atoms with Crippen LogP contribution in [0.4, 0.5) is 0 Å². The van der Waals surface area contributed by atoms with Crippen LogP contribution in [0.1, 0.15) is 49.2 Å². The Labute approximate surface area is 206 Å². The molecule has 1 aliphatic heterocycles. The fraction of sp³-hybridized carbons (Fsp3) is 0.423. The van der Waals surface area contributed by atoms with Crippen LogP contribution in [-0.2, 0) is 21.2 Å². The molecule has 0 aliphatic carbocycles. The van der Waals surface area contributed by atoms with Crippen molar-refractivity contribution in [1.82, 2.24) is 20.4 Å². The number of hydrogen-bond acceptors (Lipinski definition) is 7. The second-order valence-electron chi connectivity index (χ2n) is 9.27. The van der Waals surface area contributed by atoms with E-state index in [1.807, 2.05) is 38.1 Å². The molecule has 2 unspecified atom stereocenters. The first kappa shape index (κ1) is 25.1. The van der Waals surface area contributed by atoms with Gasteiger partial charge < -0.3 is 9.84 Å². The number of aryl methyl sites for hydroxylation is 1. The first-order valence-corrected chi connectivity index (χ1v) is 13.8. The van der Waals surface area contributed by atoms with Gasteiger partial charge in [0.2, 0.25) is 17.6 Å². The van der Waals surface area contributed by atoms with E-state index in [-0.39, 0.29) is 22.8 Å². The molecule has 0 radical (unpaired) electrons. The molecular formula is C26H32N4O4S. The van der Waals surface area contributed by atoms with Gasteiger partial charge in [-0.25, -0.2) is 8.42 Å². The summed E-state index contributed by atoms with van der Waals surface area (Å²) in [5.41, 5.74) is 2.96. The van der Waals surface area contributed by atoms with Gasteiger partial charge in [-0.3, -0.25) is 9.69 Å². The van der Waals surface area contributed by atoms with Crippen LogP contribution < -0.4 is 5.32 Å². The van der Waals surface area contributed by atoms with Crippen molar-refractivity contribution in [3.8, 4) is 11.4 Å². The normalized spacial score (nSPS) is 17.7. The van der Waals surface area contributed by atoms with E-state index in [4.69, 9.17) is 4.52 Å². The summed E-state index contributed by atoms with van der Waals surface area (Å²) in [5, 5.41) is 7.28. The van der Waals surface area contributed by atoms with Crippen molar-refractivity contribution in [3.63, 3.8) is 0 Å². The maximum atomic E-state index is 13.1. The number of likely N-dealkylation sites (tertiary alicyclic amines) is 1. The standard InChI is InChI=1S/C26H32N4O4S/c1-4-23(19-10-12-22(13-11-19)35(3,32)33)27-26(31)21-9-6-14-30(16-21)17-24-28-25(29-34-24)20-8-5-7-18(2)15-20/h5,7-8,10-13,15,21,23H,4,6,9,14,16-17H2,1-3H3,(H,27,31). The van der Waals surface area contributed by atoms with Gasteiger partial charge in [0, 0.05) is 18.4 Å². The van der Waals surface area contributed by atoms with E-state index in [0.29, 0.717) is 31.2 Å². The maximum Gasteiger partial charge on any atom is 0.241 e. The molecule has 0 bridgehead atoms. The predicted molar refractivity (Wildman–Crippen MR) is 133 cm³/mol. The summed E-state index contributed by atoms with van der Waals surface area (Å²) in [6.07, 6.45) is 3.64. The Balaban J connectivity index is 1.36. The third-order valence-corrected chi connectivity index (χ3v) is 7.54. The van der Waals surface area contributed by atoms with Gasteiger partial charge in [-0.1, -0.05) is 48.0 Å². The molecule has 4 rings (SSSR count). The second-order valence-corrected chi connectivity index (χ2v) is 11.3. The summed E-state index contributed by atoms with van der Waals surface area (Å²) in [7, 11) is -3.25. The number of hydrogen-bond donors (Lipinski definition) is 1. The highest BCUT2D eigenvalue weighted by atomic mass is 32.2. The lowest BCUT2D eigenvalue weighted by Crippen LogP contribution is -2.43. The zero-order chi connectivity index (χ0) is 25.0. The Kier molecular flexibility index (Phi) is 7.66. The molecule has 8 nitrogen and oxygen atoms in total. The average molecular weight is 497 g/mol. The molecule has 1 amide bonds. The molecular weight excluding hydrogens is 464 g/mol. The third-order valence-electron chi connectivity index (χ3n) is 6.41. The summed E-state index contributed by atoms with van der Waals surface area (Å²) in [6.45, 7) is 6.03. The molecule has 35 heavy (non-hydrogen) atoms. The van der Waals surface area contributed by atoms with Crippen LogP contribution in [0.3, 0.4) is 0 Å². The minimum atomic E-state index is -3.25. The lowest BCUT2D eigenvalue weighted by atomic mass is 9.95. The maximum absolute atomic E-state index is 13.1. The molecule has 1 aromatic heterocycles. The highest BCUT2D eigenvalue weighted by Gasteiger charge is 2.28. The van der Waals surface area contributed by atoms with Gasteiger partial charge in [-0.05, 0) is 56.5 Å². The van der Waals surface area contributed by atoms with Crippen molar-refractivity contribution in [1.29, 1.82) is 0 Å². The number of amides is 1. The molecule has 0 spiro atoms. The number of carbonyl (C=O) groups excluding carboxylic acids is 1. The molecule has 3 aromatic rings. The SMILES string of the molecule is CCC(NC(=O)C1CCCN(Cc2nc(-c3cccc(C)c3)no2)C1)c1ccc(S(C)(=O)=O)cc1. The number of sulfone groups is 1. The van der Waals surface area contributed by atoms with E-state index in [9.17, 15) is 13.2 Å². The summed E-state index contributed by atoms with van der Waals surface area (Å²) in [4.78, 5) is 20.1. The summed E-state index contributed by atoms with van der Waals surface area (Å²) < 4.78 is 28.9. The molecule has 186 valence electrons. The van der Waals surface area contributed by atoms with E-state index < -0.39 is 9.84 Å². The van der Waals surface area contributed by atoms with Crippen LogP contribution in [0.2, 0.25) is 0 Å². The number of benzene rings is 2. The second kappa shape index (κ2) is 10.7. The van der Waals surface area contributed by atoms with Gasteiger partial charge in [-0.15, -0.1) is 0 Å². The molecule has 9 heteroatoms. The largest absolute Gasteiger partial charge is 0.349 e. The first-order valence-electron chi connectivity index (χ1n) is 12.0. The van der Waals surface area contributed by atoms with E-state index in [0.717, 1.165) is 36.1 Å². The number of nitrogens with one attached hydrogen (secondary N) is 1. The lowest BCUT2D eigenvalue weighted by molar-refractivity contribution is -0.127. The van der Waals surface area contributed by atoms with Crippen molar-refractivity contribution < 1.29 is 17.7 Å². The molecule has 1 fully saturated rings. The molecule has 1 saturated heterocycles. The number of rotatable bonds is 8. The molecule has 2 heterocycles. The third kappa shape index (κ3) is 6.35. The van der Waals surface area contributed by atoms with E-state index in [1.54, 1.807) is 24.3 Å². The average Bonchev–Trinajstić information content (AvgIpc) is 3.30. The Hall–Kier alpha value is -3.04. The Bertz CT molecular complexity index is 1270. The fourth-order valence-corrected chi connectivity index (χ4v) is 5.11. The van der Waals surface area contributed by atoms with Crippen LogP contribution in [0.25, 0.3) is 11.4 Å². The van der Waals surface area contributed by atoms with Crippen LogP contribution in [0, 0.1) is 12.8 Å². The first-order chi connectivity index (χ1) is 16.7. The van der Waals surface area contributed by atoms with Gasteiger partial charge in [-0.2, -0.15) is 4.98 Å². The topological polar surface area (TPSA) is 105 Å². The predicted octanol–water partition coefficient (Wildman–Crippen LogP) is 3.93. The number of nitrogens with zero attached hydrogens (tertiary/aromatic N) is 3. The van der Waals surface area contributed by atoms with E-state index in [1.165, 1.54) is 6.26 Å². The van der Waals surface area contributed by atoms with Crippen LogP contribution in [-0.4, -0.2) is 48.7 Å². The highest BCUT2D eigenvalue weighted by molar-refractivity contribution is 7.90. The van der Waals surface area contributed by atoms with Crippen molar-refractivity contribution in [2.45, 2.75) is 50.6 Å². The van der Waals surface area contributed by atoms with E-state index in [2.05, 4.69) is 20.4 Å². The van der Waals surface area contributed by atoms with Crippen molar-refractivity contribution in [3.05, 3.63) is 65.5 Å². The summed E-state index contributed by atoms with van der Waals surface area (Å²) >= 11 is 0. The molecule has 1 aliphatic rings. The Morgan fingerprint density at radius 2 is 2.00 bits per heavy atom. The molecule has 1 N–H and O–H groups in total. The van der Waals surface area contributed by atoms with Crippen LogP contribution in [0.15, 0.2) is 57.9 Å². The summed E-state index contributed by atoms with van der Waals surface area (Å²) in [5.74, 6) is 0.995. The van der Waals surface area contributed by atoms with Gasteiger partial charge in [0.1, 0.15) is 0 Å². The van der Waals surface area contributed by atoms with Crippen molar-refractivity contribution in [2.75, 3.05) is 19.3 Å². The number of aromatic nitrogens is 2. The monoisotopic (exact) mass is 496 g/mol. The van der Waals surface area contributed by atoms with Gasteiger partial charge >= 0.3 is 0 Å². The molecule has 2 aromatic carbocycles. The molecule has 2 atom stereocenters. The number of carbonyl (C=O) groups is 1. The zero-order valence-corrected chi connectivity index (χ0v) is 21.2. The molecule has 0 saturated carbocycles. The van der Waals surface area contributed by atoms with Gasteiger partial charge in [0.15, 0.2) is 9.84 Å². The smallest absolute Gasteiger partial charge is 0.241 e. The van der Waals surface area contributed by atoms with Crippen molar-refractivity contribution in [2.24, 2.45) is 5.92 Å². The summed E-state index contributed by atoms with van der Waals surface area (Å²) in [6, 6.07) is 14.6. The van der Waals surface area contributed by atoms with E-state index >= 15 is 0 Å². The van der Waals surface area contributed by atoms with Crippen LogP contribution in [0.5, 0.6) is 0 Å². The Morgan fingerprint density at radius 1 is 1.23 bits per heavy atom. The lowest BCUT2D eigenvalue weighted by Gasteiger charge is -2.32. The van der Waals surface area contributed by atoms with Crippen LogP contribution >= 0.6 is 0 Å². The minimum absolute atomic E-state index is 0.0136. The zero-order valence-electron chi connectivity index (χ0n) is 20.4. The quantitative estimate of drug-likeness (QED) is 0.504. The van der Waals surface area contributed by atoms with Crippen molar-refractivity contribution >= 4 is 15.7 Å². The van der Waals surface area contributed by atoms with Gasteiger partial charge in [0.25, 0.3) is 0 Å². The van der Waals surface area contributed by atoms with Gasteiger partial charge in [0.05, 0.1) is 23.4 Å². The number of piperidine rings is 1. The minimum Gasteiger partial charge on any atom is -0.349 e. The highest BCUT2D eigenvalue weighted by Crippen LogP contribution is 2.24. The Morgan fingerprint density at radius 3 is 2.69 bits per heavy atom. The fourth-order valence-electron chi connectivity index (χ4n) is 4.48.